The number of hydrogen-bond acceptors (Lipinski definition) is 0. The third-order valence-corrected chi connectivity index (χ3v) is 12.7. The molecule has 2 heteroatoms. The second-order valence-corrected chi connectivity index (χ2v) is 15.6. The second-order valence-electron chi connectivity index (χ2n) is 15.6. The first-order chi connectivity index (χ1) is 28.8. The highest BCUT2D eigenvalue weighted by Crippen LogP contribution is 2.46. The number of nitrogens with zero attached hydrogens (tertiary/aromatic N) is 2. The molecule has 2 aromatic heterocycles. The van der Waals surface area contributed by atoms with Crippen LogP contribution in [0, 0.1) is 0 Å². The summed E-state index contributed by atoms with van der Waals surface area (Å²) in [6.07, 6.45) is 0. The lowest BCUT2D eigenvalue weighted by Crippen LogP contribution is -1.93. The van der Waals surface area contributed by atoms with Crippen molar-refractivity contribution < 1.29 is 0 Å². The van der Waals surface area contributed by atoms with Crippen LogP contribution in [0.4, 0.5) is 0 Å². The minimum atomic E-state index is 1.18. The molecule has 0 aliphatic carbocycles. The van der Waals surface area contributed by atoms with Gasteiger partial charge in [-0.1, -0.05) is 146 Å². The van der Waals surface area contributed by atoms with Crippen LogP contribution in [0.2, 0.25) is 0 Å². The lowest BCUT2D eigenvalue weighted by molar-refractivity contribution is 1.18. The van der Waals surface area contributed by atoms with Crippen LogP contribution in [0.1, 0.15) is 0 Å². The molecule has 0 unspecified atom stereocenters. The first kappa shape index (κ1) is 31.5. The molecule has 0 aliphatic heterocycles. The van der Waals surface area contributed by atoms with Gasteiger partial charge in [-0.15, -0.1) is 0 Å². The Morgan fingerprint density at radius 3 is 1.05 bits per heavy atom. The summed E-state index contributed by atoms with van der Waals surface area (Å²) < 4.78 is 4.78. The van der Waals surface area contributed by atoms with E-state index < -0.39 is 0 Å². The molecule has 0 N–H and O–H groups in total. The first-order valence-corrected chi connectivity index (χ1v) is 20.1. The van der Waals surface area contributed by atoms with Crippen molar-refractivity contribution in [2.75, 3.05) is 0 Å². The molecule has 2 heterocycles. The summed E-state index contributed by atoms with van der Waals surface area (Å²) >= 11 is 0. The molecule has 0 saturated carbocycles. The van der Waals surface area contributed by atoms with Crippen LogP contribution in [0.3, 0.4) is 0 Å². The highest BCUT2D eigenvalue weighted by molar-refractivity contribution is 6.35. The Morgan fingerprint density at radius 2 is 0.586 bits per heavy atom. The SMILES string of the molecule is c1ccc(-n2c3ccccc3c3cc(-c4ccc5c6ccc(-c7ccc8c(c7)c7ccccc7n8-c7ccccc7)c7cccc(c8cccc4c85)c76)ccc32)cc1. The summed E-state index contributed by atoms with van der Waals surface area (Å²) in [5.74, 6) is 0. The van der Waals surface area contributed by atoms with Crippen molar-refractivity contribution in [2.24, 2.45) is 0 Å². The predicted molar refractivity (Wildman–Crippen MR) is 247 cm³/mol. The van der Waals surface area contributed by atoms with Crippen LogP contribution in [-0.2, 0) is 0 Å². The summed E-state index contributed by atoms with van der Waals surface area (Å²) in [5, 5.41) is 15.5. The fourth-order valence-electron chi connectivity index (χ4n) is 10.2. The number of aromatic nitrogens is 2. The first-order valence-electron chi connectivity index (χ1n) is 20.1. The van der Waals surface area contributed by atoms with Crippen LogP contribution in [0.25, 0.3) is 120 Å². The number of benzene rings is 11. The Kier molecular flexibility index (Phi) is 6.47. The van der Waals surface area contributed by atoms with Gasteiger partial charge in [0.1, 0.15) is 0 Å². The summed E-state index contributed by atoms with van der Waals surface area (Å²) in [6.45, 7) is 0. The fraction of sp³-hybridized carbons (Fsp3) is 0. The quantitative estimate of drug-likeness (QED) is 0.126. The van der Waals surface area contributed by atoms with Gasteiger partial charge in [0.2, 0.25) is 0 Å². The van der Waals surface area contributed by atoms with E-state index in [4.69, 9.17) is 0 Å². The maximum Gasteiger partial charge on any atom is 0.0541 e. The van der Waals surface area contributed by atoms with Gasteiger partial charge < -0.3 is 9.13 Å². The van der Waals surface area contributed by atoms with E-state index in [1.165, 1.54) is 120 Å². The van der Waals surface area contributed by atoms with Gasteiger partial charge in [0, 0.05) is 32.9 Å². The number of fused-ring (bicyclic) bond motifs is 8. The average Bonchev–Trinajstić information content (AvgIpc) is 3.80. The minimum Gasteiger partial charge on any atom is -0.309 e. The van der Waals surface area contributed by atoms with Crippen LogP contribution >= 0.6 is 0 Å². The van der Waals surface area contributed by atoms with Gasteiger partial charge in [-0.3, -0.25) is 0 Å². The molecule has 0 aliphatic rings. The van der Waals surface area contributed by atoms with Crippen molar-refractivity contribution in [2.45, 2.75) is 0 Å². The molecule has 0 bridgehead atoms. The van der Waals surface area contributed by atoms with Crippen molar-refractivity contribution in [3.8, 4) is 33.6 Å². The molecule has 13 aromatic rings. The Balaban J connectivity index is 1.01. The molecule has 268 valence electrons. The lowest BCUT2D eigenvalue weighted by atomic mass is 9.85. The summed E-state index contributed by atoms with van der Waals surface area (Å²) in [5.41, 5.74) is 12.2. The zero-order valence-corrected chi connectivity index (χ0v) is 31.5. The molecular formula is C56H34N2. The smallest absolute Gasteiger partial charge is 0.0541 e. The number of para-hydroxylation sites is 4. The predicted octanol–water partition coefficient (Wildman–Crippen LogP) is 15.3. The van der Waals surface area contributed by atoms with Crippen LogP contribution < -0.4 is 0 Å². The number of hydrogen-bond donors (Lipinski definition) is 0. The third-order valence-electron chi connectivity index (χ3n) is 12.7. The van der Waals surface area contributed by atoms with Gasteiger partial charge in [-0.2, -0.15) is 0 Å². The standard InChI is InChI=1S/C56H34N2/c1-3-13-37(14-4-1)57-51-23-9-7-17-41(51)49-33-35(25-31-53(49)57)39-27-29-47-48-30-28-40(44-20-12-22-46(56(44)48)45-21-11-19-43(39)55(45)47)36-26-32-54-50(34-36)42-18-8-10-24-52(42)58(54)38-15-5-2-6-16-38/h1-34H. The minimum absolute atomic E-state index is 1.18. The molecule has 2 nitrogen and oxygen atoms in total. The third kappa shape index (κ3) is 4.32. The largest absolute Gasteiger partial charge is 0.309 e. The molecule has 0 radical (unpaired) electrons. The monoisotopic (exact) mass is 734 g/mol. The van der Waals surface area contributed by atoms with Crippen LogP contribution in [0.15, 0.2) is 206 Å². The summed E-state index contributed by atoms with van der Waals surface area (Å²) in [6, 6.07) is 76.2. The highest BCUT2D eigenvalue weighted by atomic mass is 15.0. The Hall–Kier alpha value is -7.68. The van der Waals surface area contributed by atoms with Crippen molar-refractivity contribution in [1.82, 2.24) is 9.13 Å². The molecule has 11 aromatic carbocycles. The maximum absolute atomic E-state index is 2.40. The number of rotatable bonds is 4. The summed E-state index contributed by atoms with van der Waals surface area (Å²) in [4.78, 5) is 0. The molecule has 0 fully saturated rings. The Morgan fingerprint density at radius 1 is 0.224 bits per heavy atom. The molecule has 13 rings (SSSR count). The van der Waals surface area contributed by atoms with E-state index in [0.717, 1.165) is 0 Å². The molecule has 0 spiro atoms. The maximum atomic E-state index is 2.40. The van der Waals surface area contributed by atoms with Gasteiger partial charge in [0.25, 0.3) is 0 Å². The molecule has 0 amide bonds. The van der Waals surface area contributed by atoms with Gasteiger partial charge in [0.15, 0.2) is 0 Å². The van der Waals surface area contributed by atoms with Crippen LogP contribution in [0.5, 0.6) is 0 Å². The van der Waals surface area contributed by atoms with Gasteiger partial charge >= 0.3 is 0 Å². The van der Waals surface area contributed by atoms with Crippen LogP contribution in [-0.4, -0.2) is 9.13 Å². The van der Waals surface area contributed by atoms with E-state index in [9.17, 15) is 0 Å². The molecule has 0 atom stereocenters. The van der Waals surface area contributed by atoms with Gasteiger partial charge in [-0.05, 0) is 126 Å². The van der Waals surface area contributed by atoms with E-state index in [1.54, 1.807) is 0 Å². The van der Waals surface area contributed by atoms with Gasteiger partial charge in [0.05, 0.1) is 22.1 Å². The Bertz CT molecular complexity index is 3500. The van der Waals surface area contributed by atoms with E-state index in [2.05, 4.69) is 215 Å². The van der Waals surface area contributed by atoms with Crippen molar-refractivity contribution in [1.29, 1.82) is 0 Å². The highest BCUT2D eigenvalue weighted by Gasteiger charge is 2.20. The van der Waals surface area contributed by atoms with Crippen molar-refractivity contribution in [3.63, 3.8) is 0 Å². The van der Waals surface area contributed by atoms with E-state index in [1.807, 2.05) is 0 Å². The normalized spacial score (nSPS) is 12.1. The Labute approximate surface area is 334 Å². The molecular weight excluding hydrogens is 701 g/mol. The van der Waals surface area contributed by atoms with E-state index in [-0.39, 0.29) is 0 Å². The van der Waals surface area contributed by atoms with Crippen molar-refractivity contribution in [3.05, 3.63) is 206 Å². The zero-order chi connectivity index (χ0) is 37.9. The van der Waals surface area contributed by atoms with E-state index >= 15 is 0 Å². The topological polar surface area (TPSA) is 9.86 Å². The van der Waals surface area contributed by atoms with Crippen molar-refractivity contribution >= 4 is 86.7 Å². The zero-order valence-electron chi connectivity index (χ0n) is 31.5. The molecule has 58 heavy (non-hydrogen) atoms. The lowest BCUT2D eigenvalue weighted by Gasteiger charge is -2.18. The fourth-order valence-corrected chi connectivity index (χ4v) is 10.2. The van der Waals surface area contributed by atoms with Gasteiger partial charge in [-0.25, -0.2) is 0 Å². The average molecular weight is 735 g/mol. The second kappa shape index (κ2) is 11.9. The molecule has 0 saturated heterocycles. The summed E-state index contributed by atoms with van der Waals surface area (Å²) in [7, 11) is 0. The van der Waals surface area contributed by atoms with E-state index in [0.29, 0.717) is 0 Å².